The highest BCUT2D eigenvalue weighted by atomic mass is 16.4. The molecule has 5 heteroatoms. The standard InChI is InChI=1S/C11H20N2O3/c1-4-7(2)8(9(14)15)12-10(16)13-11(3)5-6-11/h7-8H,4-6H2,1-3H3,(H,14,15)(H2,12,13,16)/t7-,8-/m0/s1. The van der Waals surface area contributed by atoms with Gasteiger partial charge in [-0.1, -0.05) is 20.3 Å². The second-order valence-corrected chi connectivity index (χ2v) is 4.86. The number of carboxylic acids is 1. The molecular weight excluding hydrogens is 208 g/mol. The summed E-state index contributed by atoms with van der Waals surface area (Å²) in [5.41, 5.74) is -0.122. The largest absolute Gasteiger partial charge is 0.480 e. The van der Waals surface area contributed by atoms with E-state index in [1.807, 2.05) is 20.8 Å². The molecule has 1 rings (SSSR count). The summed E-state index contributed by atoms with van der Waals surface area (Å²) in [6.07, 6.45) is 2.64. The number of rotatable bonds is 5. The summed E-state index contributed by atoms with van der Waals surface area (Å²) in [6.45, 7) is 5.67. The van der Waals surface area contributed by atoms with Gasteiger partial charge in [0, 0.05) is 5.54 Å². The zero-order valence-corrected chi connectivity index (χ0v) is 10.0. The molecule has 0 aromatic carbocycles. The summed E-state index contributed by atoms with van der Waals surface area (Å²) in [5, 5.41) is 14.3. The summed E-state index contributed by atoms with van der Waals surface area (Å²) < 4.78 is 0. The predicted molar refractivity (Wildman–Crippen MR) is 60.2 cm³/mol. The highest BCUT2D eigenvalue weighted by molar-refractivity contribution is 5.83. The zero-order valence-electron chi connectivity index (χ0n) is 10.0. The van der Waals surface area contributed by atoms with Crippen LogP contribution >= 0.6 is 0 Å². The Bertz CT molecular complexity index is 287. The van der Waals surface area contributed by atoms with Gasteiger partial charge in [0.25, 0.3) is 0 Å². The molecule has 2 amide bonds. The summed E-state index contributed by atoms with van der Waals surface area (Å²) in [7, 11) is 0. The van der Waals surface area contributed by atoms with Crippen LogP contribution in [0.4, 0.5) is 4.79 Å². The summed E-state index contributed by atoms with van der Waals surface area (Å²) in [5.74, 6) is -1.05. The van der Waals surface area contributed by atoms with Gasteiger partial charge in [-0.15, -0.1) is 0 Å². The van der Waals surface area contributed by atoms with Crippen LogP contribution in [0.5, 0.6) is 0 Å². The summed E-state index contributed by atoms with van der Waals surface area (Å²) in [6, 6.07) is -1.19. The lowest BCUT2D eigenvalue weighted by molar-refractivity contribution is -0.140. The van der Waals surface area contributed by atoms with Crippen LogP contribution in [-0.2, 0) is 4.79 Å². The molecule has 1 fully saturated rings. The van der Waals surface area contributed by atoms with E-state index in [4.69, 9.17) is 5.11 Å². The first-order valence-electron chi connectivity index (χ1n) is 5.69. The maximum atomic E-state index is 11.5. The van der Waals surface area contributed by atoms with E-state index in [1.165, 1.54) is 0 Å². The lowest BCUT2D eigenvalue weighted by atomic mass is 9.99. The molecule has 0 spiro atoms. The molecule has 0 unspecified atom stereocenters. The average molecular weight is 228 g/mol. The first-order valence-corrected chi connectivity index (χ1v) is 5.69. The third kappa shape index (κ3) is 3.40. The van der Waals surface area contributed by atoms with E-state index in [1.54, 1.807) is 0 Å². The monoisotopic (exact) mass is 228 g/mol. The van der Waals surface area contributed by atoms with Gasteiger partial charge in [-0.05, 0) is 25.7 Å². The van der Waals surface area contributed by atoms with Crippen LogP contribution < -0.4 is 10.6 Å². The Labute approximate surface area is 95.6 Å². The van der Waals surface area contributed by atoms with Gasteiger partial charge >= 0.3 is 12.0 Å². The number of amides is 2. The molecule has 0 bridgehead atoms. The van der Waals surface area contributed by atoms with E-state index in [9.17, 15) is 9.59 Å². The summed E-state index contributed by atoms with van der Waals surface area (Å²) >= 11 is 0. The molecule has 5 nitrogen and oxygen atoms in total. The first-order chi connectivity index (χ1) is 7.38. The van der Waals surface area contributed by atoms with Crippen LogP contribution in [0.2, 0.25) is 0 Å². The smallest absolute Gasteiger partial charge is 0.326 e. The Hall–Kier alpha value is -1.26. The van der Waals surface area contributed by atoms with Crippen LogP contribution in [-0.4, -0.2) is 28.7 Å². The van der Waals surface area contributed by atoms with E-state index < -0.39 is 12.0 Å². The predicted octanol–water partition coefficient (Wildman–Crippen LogP) is 1.34. The Morgan fingerprint density at radius 3 is 2.38 bits per heavy atom. The maximum absolute atomic E-state index is 11.5. The van der Waals surface area contributed by atoms with Gasteiger partial charge in [-0.25, -0.2) is 9.59 Å². The van der Waals surface area contributed by atoms with Gasteiger partial charge in [0.1, 0.15) is 6.04 Å². The van der Waals surface area contributed by atoms with E-state index in [0.29, 0.717) is 6.42 Å². The number of carbonyl (C=O) groups excluding carboxylic acids is 1. The van der Waals surface area contributed by atoms with Crippen molar-refractivity contribution >= 4 is 12.0 Å². The number of nitrogens with one attached hydrogen (secondary N) is 2. The molecule has 0 radical (unpaired) electrons. The highest BCUT2D eigenvalue weighted by Crippen LogP contribution is 2.34. The third-order valence-corrected chi connectivity index (χ3v) is 3.18. The molecule has 92 valence electrons. The van der Waals surface area contributed by atoms with E-state index in [2.05, 4.69) is 10.6 Å². The fourth-order valence-electron chi connectivity index (χ4n) is 1.45. The van der Waals surface area contributed by atoms with E-state index in [-0.39, 0.29) is 17.5 Å². The lowest BCUT2D eigenvalue weighted by Crippen LogP contribution is -2.51. The molecule has 2 atom stereocenters. The molecule has 0 heterocycles. The van der Waals surface area contributed by atoms with Crippen LogP contribution in [0.25, 0.3) is 0 Å². The van der Waals surface area contributed by atoms with E-state index in [0.717, 1.165) is 12.8 Å². The topological polar surface area (TPSA) is 78.4 Å². The van der Waals surface area contributed by atoms with Gasteiger partial charge in [0.2, 0.25) is 0 Å². The van der Waals surface area contributed by atoms with Gasteiger partial charge < -0.3 is 15.7 Å². The van der Waals surface area contributed by atoms with Crippen LogP contribution in [0.3, 0.4) is 0 Å². The van der Waals surface area contributed by atoms with Crippen molar-refractivity contribution in [3.8, 4) is 0 Å². The highest BCUT2D eigenvalue weighted by Gasteiger charge is 2.39. The van der Waals surface area contributed by atoms with Crippen LogP contribution in [0, 0.1) is 5.92 Å². The van der Waals surface area contributed by atoms with Crippen molar-refractivity contribution in [3.05, 3.63) is 0 Å². The van der Waals surface area contributed by atoms with Crippen molar-refractivity contribution in [3.63, 3.8) is 0 Å². The summed E-state index contributed by atoms with van der Waals surface area (Å²) in [4.78, 5) is 22.5. The van der Waals surface area contributed by atoms with Gasteiger partial charge in [-0.2, -0.15) is 0 Å². The van der Waals surface area contributed by atoms with Crippen molar-refractivity contribution in [2.75, 3.05) is 0 Å². The third-order valence-electron chi connectivity index (χ3n) is 3.18. The van der Waals surface area contributed by atoms with Crippen molar-refractivity contribution in [2.45, 2.75) is 51.6 Å². The molecule has 1 aliphatic rings. The fraction of sp³-hybridized carbons (Fsp3) is 0.818. The SMILES string of the molecule is CC[C@H](C)[C@H](NC(=O)NC1(C)CC1)C(=O)O. The fourth-order valence-corrected chi connectivity index (χ4v) is 1.45. The Balaban J connectivity index is 2.47. The maximum Gasteiger partial charge on any atom is 0.326 e. The minimum absolute atomic E-state index is 0.0738. The molecule has 0 aromatic rings. The number of hydrogen-bond donors (Lipinski definition) is 3. The molecule has 0 aliphatic heterocycles. The molecule has 0 aromatic heterocycles. The number of carbonyl (C=O) groups is 2. The zero-order chi connectivity index (χ0) is 12.3. The Morgan fingerprint density at radius 1 is 1.44 bits per heavy atom. The molecule has 16 heavy (non-hydrogen) atoms. The van der Waals surface area contributed by atoms with Crippen LogP contribution in [0.1, 0.15) is 40.0 Å². The average Bonchev–Trinajstić information content (AvgIpc) is 2.90. The molecule has 1 saturated carbocycles. The minimum Gasteiger partial charge on any atom is -0.480 e. The molecule has 1 aliphatic carbocycles. The second-order valence-electron chi connectivity index (χ2n) is 4.86. The number of aliphatic carboxylic acids is 1. The second kappa shape index (κ2) is 4.72. The number of carboxylic acid groups (broad SMARTS) is 1. The Morgan fingerprint density at radius 2 is 2.00 bits per heavy atom. The van der Waals surface area contributed by atoms with E-state index >= 15 is 0 Å². The lowest BCUT2D eigenvalue weighted by Gasteiger charge is -2.21. The van der Waals surface area contributed by atoms with Crippen molar-refractivity contribution in [2.24, 2.45) is 5.92 Å². The van der Waals surface area contributed by atoms with Crippen molar-refractivity contribution in [1.82, 2.24) is 10.6 Å². The number of hydrogen-bond acceptors (Lipinski definition) is 2. The normalized spacial score (nSPS) is 20.7. The van der Waals surface area contributed by atoms with Crippen LogP contribution in [0.15, 0.2) is 0 Å². The van der Waals surface area contributed by atoms with Crippen molar-refractivity contribution in [1.29, 1.82) is 0 Å². The first kappa shape index (κ1) is 12.8. The quantitative estimate of drug-likeness (QED) is 0.664. The minimum atomic E-state index is -0.981. The van der Waals surface area contributed by atoms with Gasteiger partial charge in [-0.3, -0.25) is 0 Å². The molecule has 3 N–H and O–H groups in total. The Kier molecular flexibility index (Phi) is 3.78. The molecular formula is C11H20N2O3. The van der Waals surface area contributed by atoms with Gasteiger partial charge in [0.15, 0.2) is 0 Å². The van der Waals surface area contributed by atoms with Gasteiger partial charge in [0.05, 0.1) is 0 Å². The van der Waals surface area contributed by atoms with Crippen molar-refractivity contribution < 1.29 is 14.7 Å². The molecule has 0 saturated heterocycles. The number of urea groups is 1.